The van der Waals surface area contributed by atoms with Gasteiger partial charge in [0.05, 0.1) is 17.2 Å². The van der Waals surface area contributed by atoms with E-state index in [1.807, 2.05) is 0 Å². The molecule has 0 amide bonds. The van der Waals surface area contributed by atoms with Crippen molar-refractivity contribution in [3.63, 3.8) is 0 Å². The molecule has 0 radical (unpaired) electrons. The Labute approximate surface area is 95.9 Å². The van der Waals surface area contributed by atoms with Gasteiger partial charge in [-0.2, -0.15) is 0 Å². The molecule has 0 fully saturated rings. The first-order valence-corrected chi connectivity index (χ1v) is 5.82. The summed E-state index contributed by atoms with van der Waals surface area (Å²) in [7, 11) is -2.87. The van der Waals surface area contributed by atoms with Crippen molar-refractivity contribution in [2.24, 2.45) is 0 Å². The highest BCUT2D eigenvalue weighted by molar-refractivity contribution is 7.89. The highest BCUT2D eigenvalue weighted by atomic mass is 35.5. The first-order valence-electron chi connectivity index (χ1n) is 3.58. The lowest BCUT2D eigenvalue weighted by molar-refractivity contribution is 0.153. The van der Waals surface area contributed by atoms with Crippen LogP contribution in [0.15, 0.2) is 17.0 Å². The van der Waals surface area contributed by atoms with Gasteiger partial charge in [0.2, 0.25) is 0 Å². The van der Waals surface area contributed by atoms with Crippen LogP contribution in [0.5, 0.6) is 0 Å². The molecule has 4 nitrogen and oxygen atoms in total. The summed E-state index contributed by atoms with van der Waals surface area (Å²) in [4.78, 5) is 5.50. The quantitative estimate of drug-likeness (QED) is 0.677. The smallest absolute Gasteiger partial charge is 0.264 e. The Bertz CT molecular complexity index is 477. The van der Waals surface area contributed by atoms with Gasteiger partial charge in [-0.25, -0.2) is 12.8 Å². The summed E-state index contributed by atoms with van der Waals surface area (Å²) in [5.74, 6) is -0.989. The average molecular weight is 274 g/mol. The number of sulfonamides is 1. The number of halogens is 3. The van der Waals surface area contributed by atoms with Crippen LogP contribution in [-0.4, -0.2) is 15.5 Å². The van der Waals surface area contributed by atoms with Crippen molar-refractivity contribution in [1.29, 1.82) is 0 Å². The zero-order valence-electron chi connectivity index (χ0n) is 7.42. The first kappa shape index (κ1) is 12.7. The Balaban J connectivity index is 3.34. The lowest BCUT2D eigenvalue weighted by Gasteiger charge is -2.07. The molecule has 1 aromatic carbocycles. The van der Waals surface area contributed by atoms with E-state index in [4.69, 9.17) is 23.2 Å². The van der Waals surface area contributed by atoms with Gasteiger partial charge in [-0.3, -0.25) is 4.84 Å². The second kappa shape index (κ2) is 4.63. The van der Waals surface area contributed by atoms with Crippen LogP contribution in [0.2, 0.25) is 10.0 Å². The van der Waals surface area contributed by atoms with Gasteiger partial charge in [-0.15, -0.1) is 0 Å². The molecular weight excluding hydrogens is 268 g/mol. The predicted molar refractivity (Wildman–Crippen MR) is 53.8 cm³/mol. The number of benzene rings is 1. The molecule has 0 aliphatic rings. The van der Waals surface area contributed by atoms with Gasteiger partial charge in [-0.1, -0.05) is 28.1 Å². The van der Waals surface area contributed by atoms with Crippen LogP contribution >= 0.6 is 23.2 Å². The van der Waals surface area contributed by atoms with E-state index in [-0.39, 0.29) is 5.02 Å². The van der Waals surface area contributed by atoms with Gasteiger partial charge < -0.3 is 0 Å². The van der Waals surface area contributed by atoms with Crippen molar-refractivity contribution in [1.82, 2.24) is 4.89 Å². The summed E-state index contributed by atoms with van der Waals surface area (Å²) in [5, 5.41) is -0.830. The molecule has 84 valence electrons. The fourth-order valence-corrected chi connectivity index (χ4v) is 2.43. The second-order valence-corrected chi connectivity index (χ2v) is 4.86. The molecular formula is C7H6Cl2FNO3S. The van der Waals surface area contributed by atoms with E-state index in [2.05, 4.69) is 4.84 Å². The Morgan fingerprint density at radius 1 is 1.40 bits per heavy atom. The molecule has 1 rings (SSSR count). The third-order valence-corrected chi connectivity index (χ3v) is 3.56. The summed E-state index contributed by atoms with van der Waals surface area (Å²) >= 11 is 10.9. The molecule has 0 unspecified atom stereocenters. The van der Waals surface area contributed by atoms with E-state index in [0.29, 0.717) is 0 Å². The standard InChI is InChI=1S/C7H6Cl2FNO3S/c1-14-11-15(12,13)5-3-2-4(8)7(10)6(5)9/h2-3,11H,1H3. The van der Waals surface area contributed by atoms with Crippen LogP contribution in [0, 0.1) is 5.82 Å². The molecule has 1 N–H and O–H groups in total. The maximum atomic E-state index is 13.2. The van der Waals surface area contributed by atoms with Crippen LogP contribution in [-0.2, 0) is 14.9 Å². The minimum Gasteiger partial charge on any atom is -0.290 e. The third kappa shape index (κ3) is 2.59. The van der Waals surface area contributed by atoms with E-state index in [9.17, 15) is 12.8 Å². The van der Waals surface area contributed by atoms with Crippen LogP contribution < -0.4 is 4.89 Å². The molecule has 0 heterocycles. The minimum absolute atomic E-state index is 0.253. The zero-order chi connectivity index (χ0) is 11.6. The second-order valence-electron chi connectivity index (χ2n) is 2.46. The van der Waals surface area contributed by atoms with E-state index in [0.717, 1.165) is 19.2 Å². The molecule has 0 aliphatic heterocycles. The van der Waals surface area contributed by atoms with Crippen LogP contribution in [0.25, 0.3) is 0 Å². The van der Waals surface area contributed by atoms with Gasteiger partial charge in [0.1, 0.15) is 4.90 Å². The number of nitrogens with one attached hydrogen (secondary N) is 1. The van der Waals surface area contributed by atoms with Crippen molar-refractivity contribution in [2.45, 2.75) is 4.90 Å². The Hall–Kier alpha value is -0.400. The minimum atomic E-state index is -3.98. The third-order valence-electron chi connectivity index (χ3n) is 1.48. The van der Waals surface area contributed by atoms with Crippen LogP contribution in [0.1, 0.15) is 0 Å². The lowest BCUT2D eigenvalue weighted by Crippen LogP contribution is -2.22. The van der Waals surface area contributed by atoms with Crippen LogP contribution in [0.4, 0.5) is 4.39 Å². The fraction of sp³-hybridized carbons (Fsp3) is 0.143. The first-order chi connectivity index (χ1) is 6.90. The molecule has 0 aromatic heterocycles. The Morgan fingerprint density at radius 3 is 2.53 bits per heavy atom. The molecule has 8 heteroatoms. The largest absolute Gasteiger partial charge is 0.290 e. The van der Waals surface area contributed by atoms with Crippen molar-refractivity contribution in [2.75, 3.05) is 7.11 Å². The normalized spacial score (nSPS) is 11.7. The fourth-order valence-electron chi connectivity index (χ4n) is 0.870. The summed E-state index contributed by atoms with van der Waals surface area (Å²) in [5.41, 5.74) is 0. The average Bonchev–Trinajstić information content (AvgIpc) is 2.13. The molecule has 0 aliphatic carbocycles. The zero-order valence-corrected chi connectivity index (χ0v) is 9.75. The molecule has 0 spiro atoms. The summed E-state index contributed by atoms with van der Waals surface area (Å²) in [6, 6.07) is 2.17. The van der Waals surface area contributed by atoms with Gasteiger partial charge in [-0.05, 0) is 12.1 Å². The lowest BCUT2D eigenvalue weighted by atomic mass is 10.3. The maximum Gasteiger partial charge on any atom is 0.264 e. The molecule has 0 saturated heterocycles. The van der Waals surface area contributed by atoms with Crippen molar-refractivity contribution in [3.8, 4) is 0 Å². The van der Waals surface area contributed by atoms with Gasteiger partial charge >= 0.3 is 0 Å². The molecule has 0 atom stereocenters. The van der Waals surface area contributed by atoms with Crippen molar-refractivity contribution >= 4 is 33.2 Å². The molecule has 15 heavy (non-hydrogen) atoms. The highest BCUT2D eigenvalue weighted by Crippen LogP contribution is 2.29. The van der Waals surface area contributed by atoms with E-state index in [1.165, 1.54) is 0 Å². The summed E-state index contributed by atoms with van der Waals surface area (Å²) in [6.07, 6.45) is 0. The van der Waals surface area contributed by atoms with Crippen molar-refractivity contribution in [3.05, 3.63) is 28.0 Å². The van der Waals surface area contributed by atoms with Gasteiger partial charge in [0.15, 0.2) is 5.82 Å². The van der Waals surface area contributed by atoms with E-state index >= 15 is 0 Å². The number of hydrogen-bond donors (Lipinski definition) is 1. The van der Waals surface area contributed by atoms with E-state index in [1.54, 1.807) is 4.89 Å². The monoisotopic (exact) mass is 273 g/mol. The predicted octanol–water partition coefficient (Wildman–Crippen LogP) is 1.97. The molecule has 0 saturated carbocycles. The number of hydrogen-bond acceptors (Lipinski definition) is 3. The van der Waals surface area contributed by atoms with Gasteiger partial charge in [0, 0.05) is 0 Å². The number of rotatable bonds is 3. The SMILES string of the molecule is CONS(=O)(=O)c1ccc(Cl)c(F)c1Cl. The van der Waals surface area contributed by atoms with E-state index < -0.39 is 25.8 Å². The van der Waals surface area contributed by atoms with Gasteiger partial charge in [0.25, 0.3) is 10.0 Å². The Morgan fingerprint density at radius 2 is 2.00 bits per heavy atom. The maximum absolute atomic E-state index is 13.2. The van der Waals surface area contributed by atoms with Crippen molar-refractivity contribution < 1.29 is 17.6 Å². The molecule has 1 aromatic rings. The topological polar surface area (TPSA) is 55.4 Å². The highest BCUT2D eigenvalue weighted by Gasteiger charge is 2.21. The molecule has 0 bridgehead atoms. The summed E-state index contributed by atoms with van der Waals surface area (Å²) in [6.45, 7) is 0. The van der Waals surface area contributed by atoms with Crippen LogP contribution in [0.3, 0.4) is 0 Å². The Kier molecular flexibility index (Phi) is 3.91. The summed E-state index contributed by atoms with van der Waals surface area (Å²) < 4.78 is 35.9.